The van der Waals surface area contributed by atoms with Crippen molar-refractivity contribution in [3.8, 4) is 0 Å². The van der Waals surface area contributed by atoms with Gasteiger partial charge in [-0.05, 0) is 20.8 Å². The Kier molecular flexibility index (Phi) is 3.24. The van der Waals surface area contributed by atoms with Crippen molar-refractivity contribution in [1.29, 1.82) is 0 Å². The van der Waals surface area contributed by atoms with Crippen molar-refractivity contribution in [3.05, 3.63) is 18.3 Å². The summed E-state index contributed by atoms with van der Waals surface area (Å²) in [7, 11) is 0. The Labute approximate surface area is 121 Å². The van der Waals surface area contributed by atoms with E-state index in [2.05, 4.69) is 19.9 Å². The van der Waals surface area contributed by atoms with E-state index in [4.69, 9.17) is 0 Å². The van der Waals surface area contributed by atoms with Gasteiger partial charge < -0.3 is 4.98 Å². The molecule has 1 aliphatic heterocycles. The van der Waals surface area contributed by atoms with Gasteiger partial charge in [-0.1, -0.05) is 0 Å². The predicted octanol–water partition coefficient (Wildman–Crippen LogP) is 1.81. The Morgan fingerprint density at radius 2 is 2.14 bits per heavy atom. The normalized spacial score (nSPS) is 24.7. The number of nitrogens with one attached hydrogen (secondary N) is 1. The van der Waals surface area contributed by atoms with Crippen LogP contribution in [0.4, 0.5) is 4.39 Å². The lowest BCUT2D eigenvalue weighted by Crippen LogP contribution is -2.53. The van der Waals surface area contributed by atoms with Gasteiger partial charge >= 0.3 is 0 Å². The van der Waals surface area contributed by atoms with E-state index in [0.717, 1.165) is 0 Å². The number of carbonyl (C=O) groups excluding carboxylic acids is 1. The predicted molar refractivity (Wildman–Crippen MR) is 75.4 cm³/mol. The van der Waals surface area contributed by atoms with Crippen LogP contribution >= 0.6 is 0 Å². The minimum Gasteiger partial charge on any atom is -0.342 e. The molecule has 2 aromatic heterocycles. The van der Waals surface area contributed by atoms with Gasteiger partial charge in [-0.2, -0.15) is 0 Å². The number of likely N-dealkylation sites (tertiary alicyclic amines) is 1. The van der Waals surface area contributed by atoms with Gasteiger partial charge in [-0.25, -0.2) is 19.3 Å². The maximum atomic E-state index is 14.5. The first kappa shape index (κ1) is 14.1. The molecule has 21 heavy (non-hydrogen) atoms. The van der Waals surface area contributed by atoms with Gasteiger partial charge in [0.2, 0.25) is 0 Å². The number of ketones is 1. The van der Waals surface area contributed by atoms with Gasteiger partial charge in [0.1, 0.15) is 11.6 Å². The lowest BCUT2D eigenvalue weighted by Gasteiger charge is -2.44. The molecule has 0 bridgehead atoms. The molecule has 112 valence electrons. The summed E-state index contributed by atoms with van der Waals surface area (Å²) < 4.78 is 14.5. The van der Waals surface area contributed by atoms with Crippen molar-refractivity contribution >= 4 is 16.9 Å². The van der Waals surface area contributed by atoms with E-state index in [0.29, 0.717) is 23.5 Å². The number of imidazole rings is 1. The second-order valence-electron chi connectivity index (χ2n) is 6.30. The summed E-state index contributed by atoms with van der Waals surface area (Å²) in [5.74, 6) is -0.0729. The van der Waals surface area contributed by atoms with Crippen LogP contribution < -0.4 is 0 Å². The van der Waals surface area contributed by atoms with E-state index in [-0.39, 0.29) is 17.7 Å². The largest absolute Gasteiger partial charge is 0.342 e. The van der Waals surface area contributed by atoms with Crippen LogP contribution in [0.1, 0.15) is 39.1 Å². The lowest BCUT2D eigenvalue weighted by atomic mass is 9.92. The van der Waals surface area contributed by atoms with Crippen LogP contribution in [0.25, 0.3) is 11.2 Å². The number of halogens is 1. The van der Waals surface area contributed by atoms with E-state index in [1.165, 1.54) is 6.33 Å². The van der Waals surface area contributed by atoms with Crippen molar-refractivity contribution in [3.63, 3.8) is 0 Å². The zero-order chi connectivity index (χ0) is 15.2. The van der Waals surface area contributed by atoms with E-state index >= 15 is 0 Å². The SMILES string of the molecule is CC(C)(C)N1CCC(=O)C(F)C1c1ncc2[nH]cnc2n1. The Bertz CT molecular complexity index is 677. The standard InChI is InChI=1S/C14H18FN5O/c1-14(2,3)20-5-4-9(21)10(15)11(20)13-16-6-8-12(19-13)18-7-17-8/h6-7,10-11H,4-5H2,1-3H3,(H,16,17,18,19). The maximum Gasteiger partial charge on any atom is 0.181 e. The number of hydrogen-bond donors (Lipinski definition) is 1. The van der Waals surface area contributed by atoms with Crippen molar-refractivity contribution in [1.82, 2.24) is 24.8 Å². The zero-order valence-electron chi connectivity index (χ0n) is 12.3. The summed E-state index contributed by atoms with van der Waals surface area (Å²) in [6.45, 7) is 6.50. The van der Waals surface area contributed by atoms with Crippen LogP contribution in [0.2, 0.25) is 0 Å². The number of alkyl halides is 1. The zero-order valence-corrected chi connectivity index (χ0v) is 12.3. The summed E-state index contributed by atoms with van der Waals surface area (Å²) in [5.41, 5.74) is 0.900. The van der Waals surface area contributed by atoms with E-state index in [1.807, 2.05) is 25.7 Å². The number of aromatic amines is 1. The summed E-state index contributed by atoms with van der Waals surface area (Å²) in [6, 6.07) is -0.757. The Morgan fingerprint density at radius 1 is 1.38 bits per heavy atom. The highest BCUT2D eigenvalue weighted by molar-refractivity contribution is 5.85. The van der Waals surface area contributed by atoms with Crippen LogP contribution in [-0.2, 0) is 4.79 Å². The quantitative estimate of drug-likeness (QED) is 0.867. The number of carbonyl (C=O) groups is 1. The lowest BCUT2D eigenvalue weighted by molar-refractivity contribution is -0.133. The van der Waals surface area contributed by atoms with Gasteiger partial charge in [0.25, 0.3) is 0 Å². The third-order valence-corrected chi connectivity index (χ3v) is 3.84. The summed E-state index contributed by atoms with van der Waals surface area (Å²) in [5, 5.41) is 0. The molecule has 6 nitrogen and oxygen atoms in total. The van der Waals surface area contributed by atoms with E-state index < -0.39 is 12.2 Å². The Balaban J connectivity index is 2.06. The van der Waals surface area contributed by atoms with Crippen LogP contribution in [0.15, 0.2) is 12.5 Å². The smallest absolute Gasteiger partial charge is 0.181 e. The molecule has 7 heteroatoms. The third kappa shape index (κ3) is 2.42. The number of piperidine rings is 1. The molecule has 3 heterocycles. The highest BCUT2D eigenvalue weighted by atomic mass is 19.1. The molecular weight excluding hydrogens is 273 g/mol. The fourth-order valence-corrected chi connectivity index (χ4v) is 2.76. The molecule has 0 saturated carbocycles. The van der Waals surface area contributed by atoms with Crippen molar-refractivity contribution in [2.45, 2.75) is 44.9 Å². The van der Waals surface area contributed by atoms with Crippen molar-refractivity contribution in [2.24, 2.45) is 0 Å². The summed E-state index contributed by atoms with van der Waals surface area (Å²) in [4.78, 5) is 29.3. The number of rotatable bonds is 1. The van der Waals surface area contributed by atoms with Crippen molar-refractivity contribution < 1.29 is 9.18 Å². The first-order valence-electron chi connectivity index (χ1n) is 6.97. The number of aromatic nitrogens is 4. The average molecular weight is 291 g/mol. The number of Topliss-reactive ketones (excluding diaryl/α,β-unsaturated/α-hetero) is 1. The fraction of sp³-hybridized carbons (Fsp3) is 0.571. The van der Waals surface area contributed by atoms with Crippen LogP contribution in [0.3, 0.4) is 0 Å². The summed E-state index contributed by atoms with van der Waals surface area (Å²) in [6.07, 6.45) is 1.72. The van der Waals surface area contributed by atoms with Crippen LogP contribution in [0, 0.1) is 0 Å². The molecule has 2 atom stereocenters. The van der Waals surface area contributed by atoms with Gasteiger partial charge in [0, 0.05) is 18.5 Å². The topological polar surface area (TPSA) is 74.8 Å². The van der Waals surface area contributed by atoms with Gasteiger partial charge in [-0.15, -0.1) is 0 Å². The van der Waals surface area contributed by atoms with Crippen LogP contribution in [0.5, 0.6) is 0 Å². The monoisotopic (exact) mass is 291 g/mol. The van der Waals surface area contributed by atoms with Crippen LogP contribution in [-0.4, -0.2) is 48.9 Å². The van der Waals surface area contributed by atoms with E-state index in [1.54, 1.807) is 6.20 Å². The Hall–Kier alpha value is -1.89. The maximum absolute atomic E-state index is 14.5. The molecule has 0 aromatic carbocycles. The molecule has 1 N–H and O–H groups in total. The molecule has 0 radical (unpaired) electrons. The number of fused-ring (bicyclic) bond motifs is 1. The molecule has 0 amide bonds. The van der Waals surface area contributed by atoms with Crippen molar-refractivity contribution in [2.75, 3.05) is 6.54 Å². The highest BCUT2D eigenvalue weighted by Crippen LogP contribution is 2.35. The molecule has 3 rings (SSSR count). The van der Waals surface area contributed by atoms with E-state index in [9.17, 15) is 9.18 Å². The molecule has 2 aromatic rings. The molecule has 2 unspecified atom stereocenters. The first-order chi connectivity index (χ1) is 9.88. The molecule has 1 saturated heterocycles. The number of nitrogens with zero attached hydrogens (tertiary/aromatic N) is 4. The molecule has 0 aliphatic carbocycles. The molecule has 1 fully saturated rings. The minimum atomic E-state index is -1.60. The molecule has 0 spiro atoms. The van der Waals surface area contributed by atoms with Gasteiger partial charge in [0.15, 0.2) is 23.4 Å². The first-order valence-corrected chi connectivity index (χ1v) is 6.97. The van der Waals surface area contributed by atoms with Gasteiger partial charge in [-0.3, -0.25) is 9.69 Å². The fourth-order valence-electron chi connectivity index (χ4n) is 2.76. The van der Waals surface area contributed by atoms with Gasteiger partial charge in [0.05, 0.1) is 12.5 Å². The third-order valence-electron chi connectivity index (χ3n) is 3.84. The summed E-state index contributed by atoms with van der Waals surface area (Å²) >= 11 is 0. The highest BCUT2D eigenvalue weighted by Gasteiger charge is 2.44. The molecule has 1 aliphatic rings. The number of H-pyrrole nitrogens is 1. The second-order valence-corrected chi connectivity index (χ2v) is 6.30. The molecular formula is C14H18FN5O. The Morgan fingerprint density at radius 3 is 2.86 bits per heavy atom. The minimum absolute atomic E-state index is 0.222. The number of hydrogen-bond acceptors (Lipinski definition) is 5. The second kappa shape index (κ2) is 4.84. The average Bonchev–Trinajstić information content (AvgIpc) is 2.87.